The fourth-order valence-corrected chi connectivity index (χ4v) is 9.71. The highest BCUT2D eigenvalue weighted by atomic mass is 16.5. The van der Waals surface area contributed by atoms with Crippen molar-refractivity contribution >= 4 is 55.1 Å². The number of fused-ring (bicyclic) bond motifs is 7. The molecule has 0 amide bonds. The average Bonchev–Trinajstić information content (AvgIpc) is 3.78. The van der Waals surface area contributed by atoms with Crippen LogP contribution in [0.2, 0.25) is 0 Å². The second-order valence-electron chi connectivity index (χ2n) is 14.6. The van der Waals surface area contributed by atoms with E-state index in [2.05, 4.69) is 164 Å². The molecular formula is C50H32O2. The van der Waals surface area contributed by atoms with Gasteiger partial charge >= 0.3 is 0 Å². The highest BCUT2D eigenvalue weighted by Gasteiger charge is 2.39. The minimum absolute atomic E-state index is 0.0227. The van der Waals surface area contributed by atoms with Gasteiger partial charge in [0.25, 0.3) is 0 Å². The zero-order chi connectivity index (χ0) is 33.9. The Morgan fingerprint density at radius 2 is 1.27 bits per heavy atom. The monoisotopic (exact) mass is 664 g/mol. The molecule has 0 radical (unpaired) electrons. The summed E-state index contributed by atoms with van der Waals surface area (Å²) in [6, 6.07) is 46.6. The van der Waals surface area contributed by atoms with Crippen molar-refractivity contribution in [3.05, 3.63) is 197 Å². The summed E-state index contributed by atoms with van der Waals surface area (Å²) >= 11 is 0. The van der Waals surface area contributed by atoms with Gasteiger partial charge in [-0.05, 0) is 67.1 Å². The van der Waals surface area contributed by atoms with Crippen molar-refractivity contribution in [2.75, 3.05) is 0 Å². The minimum Gasteiger partial charge on any atom is -0.485 e. The van der Waals surface area contributed by atoms with Crippen LogP contribution in [-0.4, -0.2) is 6.10 Å². The Kier molecular flexibility index (Phi) is 5.76. The summed E-state index contributed by atoms with van der Waals surface area (Å²) < 4.78 is 13.4. The molecule has 244 valence electrons. The molecule has 4 unspecified atom stereocenters. The molecule has 0 spiro atoms. The van der Waals surface area contributed by atoms with Crippen LogP contribution in [0.25, 0.3) is 66.3 Å². The molecule has 0 fully saturated rings. The zero-order valence-electron chi connectivity index (χ0n) is 28.3. The van der Waals surface area contributed by atoms with E-state index in [0.29, 0.717) is 0 Å². The Bertz CT molecular complexity index is 2960. The van der Waals surface area contributed by atoms with Crippen LogP contribution in [0.4, 0.5) is 0 Å². The molecule has 1 aliphatic heterocycles. The standard InChI is InChI=1S/C50H32O2/c1-2-12-31-29(10-1)11-7-15-32(31)43-28-44(42-19-9-18-41-35-14-4-6-21-46(35)52-50(41)42)37-25-23-30-22-24-33(36-26-27-38(43)48(37)47(30)36)39-16-8-17-40-34-13-3-5-20-45(34)51-49(39)40/h1-28,35,38,44,46H. The topological polar surface area (TPSA) is 22.4 Å². The first kappa shape index (κ1) is 28.3. The average molecular weight is 665 g/mol. The molecule has 52 heavy (non-hydrogen) atoms. The van der Waals surface area contributed by atoms with Crippen LogP contribution in [0.1, 0.15) is 51.1 Å². The van der Waals surface area contributed by atoms with Gasteiger partial charge in [0.05, 0.1) is 0 Å². The van der Waals surface area contributed by atoms with Gasteiger partial charge in [0, 0.05) is 45.2 Å². The number of hydrogen-bond donors (Lipinski definition) is 0. The maximum absolute atomic E-state index is 6.82. The van der Waals surface area contributed by atoms with Crippen LogP contribution >= 0.6 is 0 Å². The molecule has 4 atom stereocenters. The van der Waals surface area contributed by atoms with E-state index in [1.807, 2.05) is 6.07 Å². The third-order valence-electron chi connectivity index (χ3n) is 12.0. The number of allylic oxidation sites excluding steroid dienone is 5. The maximum atomic E-state index is 6.82. The molecule has 0 N–H and O–H groups in total. The highest BCUT2D eigenvalue weighted by molar-refractivity contribution is 6.13. The SMILES string of the molecule is C1=CC2Oc3c(C4C=C(c5cccc6ccccc56)C5C=Cc6c(-c7cccc8c7oc7ccccc78)ccc7ccc4c5c67)cccc3C2C=C1. The molecule has 0 saturated carbocycles. The van der Waals surface area contributed by atoms with Gasteiger partial charge in [0.15, 0.2) is 0 Å². The Hall–Kier alpha value is -6.38. The van der Waals surface area contributed by atoms with Crippen LogP contribution in [0.15, 0.2) is 168 Å². The molecule has 0 bridgehead atoms. The molecule has 1 aromatic heterocycles. The lowest BCUT2D eigenvalue weighted by Gasteiger charge is -2.35. The van der Waals surface area contributed by atoms with Crippen LogP contribution < -0.4 is 4.74 Å². The summed E-state index contributed by atoms with van der Waals surface area (Å²) in [6.45, 7) is 0. The van der Waals surface area contributed by atoms with Gasteiger partial charge in [-0.25, -0.2) is 0 Å². The van der Waals surface area contributed by atoms with Crippen LogP contribution in [0, 0.1) is 0 Å². The van der Waals surface area contributed by atoms with Crippen molar-refractivity contribution in [3.63, 3.8) is 0 Å². The normalized spacial score (nSPS) is 20.7. The predicted octanol–water partition coefficient (Wildman–Crippen LogP) is 12.9. The Balaban J connectivity index is 1.14. The third-order valence-corrected chi connectivity index (χ3v) is 12.0. The fraction of sp³-hybridized carbons (Fsp3) is 0.0800. The fourth-order valence-electron chi connectivity index (χ4n) is 9.71. The number of furan rings is 1. The van der Waals surface area contributed by atoms with E-state index in [4.69, 9.17) is 9.15 Å². The van der Waals surface area contributed by atoms with Crippen molar-refractivity contribution < 1.29 is 9.15 Å². The summed E-state index contributed by atoms with van der Waals surface area (Å²) in [4.78, 5) is 0. The first-order valence-electron chi connectivity index (χ1n) is 18.3. The van der Waals surface area contributed by atoms with E-state index >= 15 is 0 Å². The summed E-state index contributed by atoms with van der Waals surface area (Å²) in [5.74, 6) is 1.41. The number of hydrogen-bond acceptors (Lipinski definition) is 2. The van der Waals surface area contributed by atoms with Gasteiger partial charge in [-0.3, -0.25) is 0 Å². The van der Waals surface area contributed by atoms with Crippen molar-refractivity contribution in [1.82, 2.24) is 0 Å². The molecule has 8 aromatic rings. The van der Waals surface area contributed by atoms with E-state index in [-0.39, 0.29) is 23.9 Å². The van der Waals surface area contributed by atoms with Crippen molar-refractivity contribution in [2.45, 2.75) is 23.9 Å². The lowest BCUT2D eigenvalue weighted by molar-refractivity contribution is 0.266. The third kappa shape index (κ3) is 3.84. The zero-order valence-corrected chi connectivity index (χ0v) is 28.3. The molecule has 2 heteroatoms. The van der Waals surface area contributed by atoms with Gasteiger partial charge in [0.2, 0.25) is 0 Å². The molecule has 0 saturated heterocycles. The molecule has 2 heterocycles. The van der Waals surface area contributed by atoms with Gasteiger partial charge in [-0.15, -0.1) is 0 Å². The summed E-state index contributed by atoms with van der Waals surface area (Å²) in [5.41, 5.74) is 13.3. The molecule has 12 rings (SSSR count). The quantitative estimate of drug-likeness (QED) is 0.188. The number of benzene rings is 7. The first-order chi connectivity index (χ1) is 25.8. The highest BCUT2D eigenvalue weighted by Crippen LogP contribution is 2.56. The molecule has 3 aliphatic carbocycles. The van der Waals surface area contributed by atoms with E-state index < -0.39 is 0 Å². The second-order valence-corrected chi connectivity index (χ2v) is 14.6. The first-order valence-corrected chi connectivity index (χ1v) is 18.3. The minimum atomic E-state index is 0.0227. The lowest BCUT2D eigenvalue weighted by atomic mass is 9.68. The number of para-hydroxylation sites is 3. The number of rotatable bonds is 3. The van der Waals surface area contributed by atoms with Crippen molar-refractivity contribution in [1.29, 1.82) is 0 Å². The van der Waals surface area contributed by atoms with E-state index in [0.717, 1.165) is 33.3 Å². The summed E-state index contributed by atoms with van der Waals surface area (Å²) in [5, 5.41) is 7.44. The van der Waals surface area contributed by atoms with Gasteiger partial charge in [0.1, 0.15) is 23.0 Å². The van der Waals surface area contributed by atoms with Gasteiger partial charge in [-0.1, -0.05) is 158 Å². The maximum Gasteiger partial charge on any atom is 0.143 e. The van der Waals surface area contributed by atoms with Crippen molar-refractivity contribution in [2.24, 2.45) is 0 Å². The smallest absolute Gasteiger partial charge is 0.143 e. The van der Waals surface area contributed by atoms with E-state index in [1.165, 1.54) is 66.1 Å². The molecular weight excluding hydrogens is 633 g/mol. The molecule has 4 aliphatic rings. The second kappa shape index (κ2) is 10.6. The predicted molar refractivity (Wildman–Crippen MR) is 214 cm³/mol. The summed E-state index contributed by atoms with van der Waals surface area (Å²) in [7, 11) is 0. The van der Waals surface area contributed by atoms with Crippen LogP contribution in [0.3, 0.4) is 0 Å². The lowest BCUT2D eigenvalue weighted by Crippen LogP contribution is -2.18. The van der Waals surface area contributed by atoms with E-state index in [9.17, 15) is 0 Å². The molecule has 7 aromatic carbocycles. The number of ether oxygens (including phenoxy) is 1. The van der Waals surface area contributed by atoms with Crippen LogP contribution in [-0.2, 0) is 0 Å². The van der Waals surface area contributed by atoms with Gasteiger partial charge in [-0.2, -0.15) is 0 Å². The van der Waals surface area contributed by atoms with Gasteiger partial charge < -0.3 is 9.15 Å². The Labute approximate surface area is 301 Å². The molecule has 2 nitrogen and oxygen atoms in total. The van der Waals surface area contributed by atoms with Crippen molar-refractivity contribution in [3.8, 4) is 16.9 Å². The Morgan fingerprint density at radius 3 is 2.25 bits per heavy atom. The largest absolute Gasteiger partial charge is 0.485 e. The van der Waals surface area contributed by atoms with Crippen LogP contribution in [0.5, 0.6) is 5.75 Å². The Morgan fingerprint density at radius 1 is 0.500 bits per heavy atom. The summed E-state index contributed by atoms with van der Waals surface area (Å²) in [6.07, 6.45) is 16.2. The van der Waals surface area contributed by atoms with E-state index in [1.54, 1.807) is 0 Å².